The quantitative estimate of drug-likeness (QED) is 0.816. The summed E-state index contributed by atoms with van der Waals surface area (Å²) in [4.78, 5) is 1.31. The van der Waals surface area contributed by atoms with Crippen LogP contribution in [0.2, 0.25) is 0 Å². The molecule has 0 aliphatic carbocycles. The van der Waals surface area contributed by atoms with Crippen molar-refractivity contribution in [2.75, 3.05) is 21.3 Å². The van der Waals surface area contributed by atoms with Crippen LogP contribution in [-0.2, 0) is 15.9 Å². The molecule has 5 heteroatoms. The van der Waals surface area contributed by atoms with E-state index in [9.17, 15) is 0 Å². The minimum absolute atomic E-state index is 0.172. The van der Waals surface area contributed by atoms with E-state index in [1.54, 1.807) is 25.6 Å². The number of likely N-dealkylation sites (N-methyl/N-ethyl adjacent to an activating group) is 1. The van der Waals surface area contributed by atoms with Gasteiger partial charge in [0.15, 0.2) is 6.29 Å². The van der Waals surface area contributed by atoms with Gasteiger partial charge in [0.2, 0.25) is 0 Å². The van der Waals surface area contributed by atoms with Crippen LogP contribution in [0.15, 0.2) is 15.9 Å². The molecule has 0 bridgehead atoms. The summed E-state index contributed by atoms with van der Waals surface area (Å²) >= 11 is 5.18. The second kappa shape index (κ2) is 6.60. The van der Waals surface area contributed by atoms with E-state index in [1.165, 1.54) is 4.88 Å². The summed E-state index contributed by atoms with van der Waals surface area (Å²) in [5, 5.41) is 5.28. The number of methoxy groups -OCH3 is 2. The van der Waals surface area contributed by atoms with Crippen LogP contribution >= 0.6 is 27.3 Å². The first-order chi connectivity index (χ1) is 7.21. The van der Waals surface area contributed by atoms with Gasteiger partial charge in [-0.25, -0.2) is 0 Å². The highest BCUT2D eigenvalue weighted by Crippen LogP contribution is 2.21. The lowest BCUT2D eigenvalue weighted by Gasteiger charge is -2.23. The third kappa shape index (κ3) is 3.85. The predicted molar refractivity (Wildman–Crippen MR) is 66.4 cm³/mol. The molecule has 3 nitrogen and oxygen atoms in total. The maximum atomic E-state index is 5.24. The van der Waals surface area contributed by atoms with E-state index in [0.29, 0.717) is 0 Å². The number of hydrogen-bond acceptors (Lipinski definition) is 4. The largest absolute Gasteiger partial charge is 0.354 e. The molecule has 0 aromatic carbocycles. The molecular formula is C10H16BrNO2S. The van der Waals surface area contributed by atoms with Crippen LogP contribution in [0.3, 0.4) is 0 Å². The number of hydrogen-bond donors (Lipinski definition) is 1. The lowest BCUT2D eigenvalue weighted by atomic mass is 10.2. The Hall–Kier alpha value is 0.0600. The zero-order chi connectivity index (χ0) is 11.3. The van der Waals surface area contributed by atoms with Crippen molar-refractivity contribution in [2.24, 2.45) is 0 Å². The van der Waals surface area contributed by atoms with Gasteiger partial charge in [0.25, 0.3) is 0 Å². The van der Waals surface area contributed by atoms with Gasteiger partial charge in [-0.3, -0.25) is 0 Å². The molecule has 0 radical (unpaired) electrons. The van der Waals surface area contributed by atoms with Crippen molar-refractivity contribution >= 4 is 27.3 Å². The SMILES string of the molecule is CNC(Cc1cc(Br)cs1)C(OC)OC. The fourth-order valence-corrected chi connectivity index (χ4v) is 2.95. The number of rotatable bonds is 6. The average molecular weight is 294 g/mol. The lowest BCUT2D eigenvalue weighted by Crippen LogP contribution is -2.41. The minimum atomic E-state index is -0.212. The molecule has 1 unspecified atom stereocenters. The monoisotopic (exact) mass is 293 g/mol. The highest BCUT2D eigenvalue weighted by Gasteiger charge is 2.19. The Labute approximate surface area is 103 Å². The van der Waals surface area contributed by atoms with Gasteiger partial charge in [-0.1, -0.05) is 0 Å². The summed E-state index contributed by atoms with van der Waals surface area (Å²) in [6, 6.07) is 2.29. The number of halogens is 1. The summed E-state index contributed by atoms with van der Waals surface area (Å²) in [6.07, 6.45) is 0.690. The Kier molecular flexibility index (Phi) is 5.78. The maximum absolute atomic E-state index is 5.24. The Morgan fingerprint density at radius 3 is 2.53 bits per heavy atom. The standard InChI is InChI=1S/C10H16BrNO2S/c1-12-9(10(13-2)14-3)5-8-4-7(11)6-15-8/h4,6,9-10,12H,5H2,1-3H3. The van der Waals surface area contributed by atoms with E-state index >= 15 is 0 Å². The Morgan fingerprint density at radius 1 is 1.47 bits per heavy atom. The lowest BCUT2D eigenvalue weighted by molar-refractivity contribution is -0.121. The second-order valence-corrected chi connectivity index (χ2v) is 5.08. The molecule has 15 heavy (non-hydrogen) atoms. The molecular weight excluding hydrogens is 278 g/mol. The van der Waals surface area contributed by atoms with E-state index in [4.69, 9.17) is 9.47 Å². The van der Waals surface area contributed by atoms with E-state index in [0.717, 1.165) is 10.9 Å². The van der Waals surface area contributed by atoms with E-state index < -0.39 is 0 Å². The van der Waals surface area contributed by atoms with Gasteiger partial charge in [-0.15, -0.1) is 11.3 Å². The van der Waals surface area contributed by atoms with E-state index in [2.05, 4.69) is 32.7 Å². The van der Waals surface area contributed by atoms with Crippen LogP contribution < -0.4 is 5.32 Å². The summed E-state index contributed by atoms with van der Waals surface area (Å²) in [6.45, 7) is 0. The molecule has 1 heterocycles. The van der Waals surface area contributed by atoms with Crippen molar-refractivity contribution in [3.8, 4) is 0 Å². The Morgan fingerprint density at radius 2 is 2.13 bits per heavy atom. The normalized spacial score (nSPS) is 13.4. The highest BCUT2D eigenvalue weighted by atomic mass is 79.9. The third-order valence-electron chi connectivity index (χ3n) is 2.21. The van der Waals surface area contributed by atoms with Crippen LogP contribution in [0.5, 0.6) is 0 Å². The van der Waals surface area contributed by atoms with E-state index in [-0.39, 0.29) is 12.3 Å². The molecule has 0 fully saturated rings. The van der Waals surface area contributed by atoms with Crippen molar-refractivity contribution in [3.05, 3.63) is 20.8 Å². The van der Waals surface area contributed by atoms with Crippen molar-refractivity contribution in [3.63, 3.8) is 0 Å². The van der Waals surface area contributed by atoms with Gasteiger partial charge in [0, 0.05) is 35.4 Å². The zero-order valence-corrected chi connectivity index (χ0v) is 11.5. The molecule has 0 saturated carbocycles. The average Bonchev–Trinajstić information content (AvgIpc) is 2.64. The number of thiophene rings is 1. The highest BCUT2D eigenvalue weighted by molar-refractivity contribution is 9.10. The summed E-state index contributed by atoms with van der Waals surface area (Å²) in [5.74, 6) is 0. The second-order valence-electron chi connectivity index (χ2n) is 3.17. The Balaban J connectivity index is 2.60. The molecule has 0 spiro atoms. The zero-order valence-electron chi connectivity index (χ0n) is 9.12. The molecule has 1 N–H and O–H groups in total. The van der Waals surface area contributed by atoms with Crippen molar-refractivity contribution in [1.29, 1.82) is 0 Å². The molecule has 1 aromatic heterocycles. The minimum Gasteiger partial charge on any atom is -0.354 e. The summed E-state index contributed by atoms with van der Waals surface area (Å²) in [7, 11) is 5.23. The summed E-state index contributed by atoms with van der Waals surface area (Å²) < 4.78 is 11.6. The van der Waals surface area contributed by atoms with E-state index in [1.807, 2.05) is 7.05 Å². The van der Waals surface area contributed by atoms with Gasteiger partial charge in [-0.2, -0.15) is 0 Å². The van der Waals surface area contributed by atoms with Gasteiger partial charge in [-0.05, 0) is 29.0 Å². The first-order valence-corrected chi connectivity index (χ1v) is 6.34. The molecule has 1 aromatic rings. The third-order valence-corrected chi connectivity index (χ3v) is 3.93. The van der Waals surface area contributed by atoms with Gasteiger partial charge in [0.05, 0.1) is 6.04 Å². The fraction of sp³-hybridized carbons (Fsp3) is 0.600. The molecule has 0 saturated heterocycles. The van der Waals surface area contributed by atoms with Crippen molar-refractivity contribution in [1.82, 2.24) is 5.32 Å². The number of nitrogens with one attached hydrogen (secondary N) is 1. The van der Waals surface area contributed by atoms with Gasteiger partial charge >= 0.3 is 0 Å². The summed E-state index contributed by atoms with van der Waals surface area (Å²) in [5.41, 5.74) is 0. The van der Waals surface area contributed by atoms with Crippen molar-refractivity contribution in [2.45, 2.75) is 18.8 Å². The van der Waals surface area contributed by atoms with Crippen LogP contribution in [0, 0.1) is 0 Å². The Bertz CT molecular complexity index is 289. The predicted octanol–water partition coefficient (Wildman–Crippen LogP) is 2.26. The molecule has 1 atom stereocenters. The molecule has 0 amide bonds. The molecule has 1 rings (SSSR count). The first-order valence-electron chi connectivity index (χ1n) is 4.67. The maximum Gasteiger partial charge on any atom is 0.172 e. The topological polar surface area (TPSA) is 30.5 Å². The molecule has 0 aliphatic rings. The van der Waals surface area contributed by atoms with Gasteiger partial charge in [0.1, 0.15) is 0 Å². The van der Waals surface area contributed by atoms with Crippen LogP contribution in [0.25, 0.3) is 0 Å². The van der Waals surface area contributed by atoms with Crippen LogP contribution in [0.1, 0.15) is 4.88 Å². The van der Waals surface area contributed by atoms with Crippen LogP contribution in [0.4, 0.5) is 0 Å². The smallest absolute Gasteiger partial charge is 0.172 e. The molecule has 0 aliphatic heterocycles. The molecule has 86 valence electrons. The van der Waals surface area contributed by atoms with Crippen LogP contribution in [-0.4, -0.2) is 33.6 Å². The first kappa shape index (κ1) is 13.1. The van der Waals surface area contributed by atoms with Crippen molar-refractivity contribution < 1.29 is 9.47 Å². The number of ether oxygens (including phenoxy) is 2. The van der Waals surface area contributed by atoms with Gasteiger partial charge < -0.3 is 14.8 Å². The fourth-order valence-electron chi connectivity index (χ4n) is 1.44.